The lowest BCUT2D eigenvalue weighted by Gasteiger charge is -2.48. The van der Waals surface area contributed by atoms with Crippen molar-refractivity contribution in [3.8, 4) is 0 Å². The summed E-state index contributed by atoms with van der Waals surface area (Å²) >= 11 is 0. The van der Waals surface area contributed by atoms with Crippen molar-refractivity contribution in [1.29, 1.82) is 0 Å². The molecule has 0 radical (unpaired) electrons. The first-order chi connectivity index (χ1) is 18.0. The van der Waals surface area contributed by atoms with E-state index in [2.05, 4.69) is 6.58 Å². The van der Waals surface area contributed by atoms with Gasteiger partial charge in [0.25, 0.3) is 0 Å². The summed E-state index contributed by atoms with van der Waals surface area (Å²) in [4.78, 5) is 0. The minimum absolute atomic E-state index is 0.219. The van der Waals surface area contributed by atoms with E-state index in [1.165, 1.54) is 11.1 Å². The summed E-state index contributed by atoms with van der Waals surface area (Å²) in [6, 6.07) is 0. The molecular weight excluding hydrogens is 504 g/mol. The minimum Gasteiger partial charge on any atom is -0.394 e. The number of ether oxygens (including phenoxy) is 4. The number of aliphatic hydroxyl groups excluding tert-OH is 8. The molecule has 2 aliphatic heterocycles. The monoisotopic (exact) mass is 546 g/mol. The van der Waals surface area contributed by atoms with Crippen LogP contribution in [-0.4, -0.2) is 128 Å². The quantitative estimate of drug-likeness (QED) is 0.165. The van der Waals surface area contributed by atoms with Crippen molar-refractivity contribution in [1.82, 2.24) is 0 Å². The van der Waals surface area contributed by atoms with E-state index in [-0.39, 0.29) is 5.92 Å². The molecule has 2 aliphatic carbocycles. The van der Waals surface area contributed by atoms with Gasteiger partial charge in [0.15, 0.2) is 12.6 Å². The second kappa shape index (κ2) is 12.2. The van der Waals surface area contributed by atoms with E-state index >= 15 is 0 Å². The van der Waals surface area contributed by atoms with E-state index in [9.17, 15) is 40.9 Å². The molecule has 0 aromatic rings. The predicted molar refractivity (Wildman–Crippen MR) is 130 cm³/mol. The molecule has 0 spiro atoms. The van der Waals surface area contributed by atoms with Crippen LogP contribution in [0.2, 0.25) is 0 Å². The minimum atomic E-state index is -1.76. The van der Waals surface area contributed by atoms with Gasteiger partial charge in [-0.2, -0.15) is 0 Å². The molecule has 14 atom stereocenters. The Balaban J connectivity index is 1.56. The van der Waals surface area contributed by atoms with Crippen molar-refractivity contribution in [3.63, 3.8) is 0 Å². The summed E-state index contributed by atoms with van der Waals surface area (Å²) in [7, 11) is 0. The van der Waals surface area contributed by atoms with Gasteiger partial charge in [-0.3, -0.25) is 0 Å². The summed E-state index contributed by atoms with van der Waals surface area (Å²) in [6.45, 7) is 6.72. The molecule has 0 unspecified atom stereocenters. The van der Waals surface area contributed by atoms with Crippen molar-refractivity contribution in [2.24, 2.45) is 11.8 Å². The summed E-state index contributed by atoms with van der Waals surface area (Å²) in [5.74, 6) is 0.111. The molecule has 2 heterocycles. The van der Waals surface area contributed by atoms with E-state index in [0.29, 0.717) is 12.3 Å². The molecule has 218 valence electrons. The van der Waals surface area contributed by atoms with Gasteiger partial charge in [-0.25, -0.2) is 0 Å². The van der Waals surface area contributed by atoms with Crippen molar-refractivity contribution in [3.05, 3.63) is 23.3 Å². The molecular formula is C26H42O12. The fourth-order valence-corrected chi connectivity index (χ4v) is 6.09. The third kappa shape index (κ3) is 5.73. The van der Waals surface area contributed by atoms with Gasteiger partial charge in [0.1, 0.15) is 48.8 Å². The van der Waals surface area contributed by atoms with Crippen molar-refractivity contribution < 1.29 is 59.8 Å². The van der Waals surface area contributed by atoms with Crippen LogP contribution in [0.15, 0.2) is 23.3 Å². The Bertz CT molecular complexity index is 863. The van der Waals surface area contributed by atoms with Crippen LogP contribution in [0, 0.1) is 11.8 Å². The number of allylic oxidation sites excluding steroid dienone is 1. The molecule has 2 fully saturated rings. The summed E-state index contributed by atoms with van der Waals surface area (Å²) in [5.41, 5.74) is 3.48. The van der Waals surface area contributed by atoms with Crippen LogP contribution in [0.3, 0.4) is 0 Å². The summed E-state index contributed by atoms with van der Waals surface area (Å²) in [5, 5.41) is 82.2. The van der Waals surface area contributed by atoms with Gasteiger partial charge in [0, 0.05) is 5.92 Å². The van der Waals surface area contributed by atoms with E-state index in [4.69, 9.17) is 18.9 Å². The number of hydrogen-bond donors (Lipinski definition) is 8. The number of hydrogen-bond acceptors (Lipinski definition) is 12. The molecule has 0 aromatic carbocycles. The fourth-order valence-electron chi connectivity index (χ4n) is 6.09. The van der Waals surface area contributed by atoms with Crippen LogP contribution in [0.25, 0.3) is 0 Å². The van der Waals surface area contributed by atoms with Gasteiger partial charge < -0.3 is 59.8 Å². The average Bonchev–Trinajstić information content (AvgIpc) is 2.89. The van der Waals surface area contributed by atoms with Gasteiger partial charge in [0.2, 0.25) is 0 Å². The Morgan fingerprint density at radius 3 is 2.00 bits per heavy atom. The van der Waals surface area contributed by atoms with E-state index in [1.54, 1.807) is 0 Å². The molecule has 0 saturated carbocycles. The van der Waals surface area contributed by atoms with Crippen LogP contribution in [0.4, 0.5) is 0 Å². The first-order valence-corrected chi connectivity index (χ1v) is 13.3. The van der Waals surface area contributed by atoms with E-state index in [0.717, 1.165) is 24.8 Å². The number of aliphatic hydroxyl groups is 8. The van der Waals surface area contributed by atoms with Gasteiger partial charge in [-0.05, 0) is 38.5 Å². The van der Waals surface area contributed by atoms with Crippen molar-refractivity contribution in [2.45, 2.75) is 113 Å². The molecule has 38 heavy (non-hydrogen) atoms. The third-order valence-corrected chi connectivity index (χ3v) is 8.54. The normalized spacial score (nSPS) is 48.1. The zero-order valence-corrected chi connectivity index (χ0v) is 21.7. The van der Waals surface area contributed by atoms with Crippen LogP contribution < -0.4 is 0 Å². The molecule has 0 amide bonds. The van der Waals surface area contributed by atoms with Crippen LogP contribution >= 0.6 is 0 Å². The topological polar surface area (TPSA) is 199 Å². The largest absolute Gasteiger partial charge is 0.394 e. The van der Waals surface area contributed by atoms with Crippen LogP contribution in [0.1, 0.15) is 39.5 Å². The first-order valence-electron chi connectivity index (χ1n) is 13.3. The highest BCUT2D eigenvalue weighted by atomic mass is 16.8. The number of rotatable bonds is 7. The highest BCUT2D eigenvalue weighted by Crippen LogP contribution is 2.44. The lowest BCUT2D eigenvalue weighted by molar-refractivity contribution is -0.375. The zero-order chi connectivity index (χ0) is 27.9. The fraction of sp³-hybridized carbons (Fsp3) is 0.846. The molecule has 2 saturated heterocycles. The SMILES string of the molecule is C=C(C)[C@@H]1CCC2=C(C1)[C@H](C)[C@@H](O[C@@H]1O[C@H](CO)[C@@H](O)[C@H](O)[C@H]1O[C@@H]1O[C@H](CO)[C@@H](O)[C@H](O)[C@H]1O)[C@H](O)C2. The molecule has 12 nitrogen and oxygen atoms in total. The van der Waals surface area contributed by atoms with Gasteiger partial charge >= 0.3 is 0 Å². The second-order valence-electron chi connectivity index (χ2n) is 11.1. The van der Waals surface area contributed by atoms with E-state index < -0.39 is 86.8 Å². The van der Waals surface area contributed by atoms with E-state index in [1.807, 2.05) is 13.8 Å². The predicted octanol–water partition coefficient (Wildman–Crippen LogP) is -1.93. The Kier molecular flexibility index (Phi) is 9.66. The van der Waals surface area contributed by atoms with Crippen LogP contribution in [0.5, 0.6) is 0 Å². The first kappa shape index (κ1) is 30.0. The molecule has 4 aliphatic rings. The second-order valence-corrected chi connectivity index (χ2v) is 11.1. The Hall–Kier alpha value is -1.00. The smallest absolute Gasteiger partial charge is 0.187 e. The third-order valence-electron chi connectivity index (χ3n) is 8.54. The molecule has 8 N–H and O–H groups in total. The molecule has 0 aromatic heterocycles. The van der Waals surface area contributed by atoms with Gasteiger partial charge in [-0.15, -0.1) is 0 Å². The zero-order valence-electron chi connectivity index (χ0n) is 21.7. The van der Waals surface area contributed by atoms with Crippen LogP contribution in [-0.2, 0) is 18.9 Å². The Morgan fingerprint density at radius 2 is 1.39 bits per heavy atom. The maximum atomic E-state index is 11.0. The summed E-state index contributed by atoms with van der Waals surface area (Å²) in [6.07, 6.45) is -14.0. The maximum absolute atomic E-state index is 11.0. The Labute approximate surface area is 221 Å². The van der Waals surface area contributed by atoms with Gasteiger partial charge in [0.05, 0.1) is 25.4 Å². The van der Waals surface area contributed by atoms with Crippen molar-refractivity contribution in [2.75, 3.05) is 13.2 Å². The van der Waals surface area contributed by atoms with Gasteiger partial charge in [-0.1, -0.05) is 30.2 Å². The van der Waals surface area contributed by atoms with Crippen molar-refractivity contribution >= 4 is 0 Å². The maximum Gasteiger partial charge on any atom is 0.187 e. The lowest BCUT2D eigenvalue weighted by atomic mass is 9.70. The standard InChI is InChI=1S/C26H42O12/c1-10(2)12-4-5-13-7-15(29)23(11(3)14(13)6-12)37-26-24(21(33)19(31)17(9-28)36-26)38-25-22(34)20(32)18(30)16(8-27)35-25/h11-12,15-34H,1,4-9H2,2-3H3/t11-,12+,15+,16+,17+,18+,19+,20-,21-,22+,23+,24+,25-,26-/m0/s1. The molecule has 0 bridgehead atoms. The highest BCUT2D eigenvalue weighted by Gasteiger charge is 2.52. The molecule has 12 heteroatoms. The lowest BCUT2D eigenvalue weighted by Crippen LogP contribution is -2.65. The molecule has 4 rings (SSSR count). The Morgan fingerprint density at radius 1 is 0.816 bits per heavy atom. The highest BCUT2D eigenvalue weighted by molar-refractivity contribution is 5.28. The summed E-state index contributed by atoms with van der Waals surface area (Å²) < 4.78 is 23.1. The average molecular weight is 547 g/mol.